The van der Waals surface area contributed by atoms with Gasteiger partial charge in [0.25, 0.3) is 0 Å². The van der Waals surface area contributed by atoms with Crippen molar-refractivity contribution >= 4 is 11.7 Å². The maximum atomic E-state index is 11.6. The molecule has 15 heavy (non-hydrogen) atoms. The molecule has 0 heterocycles. The zero-order valence-electron chi connectivity index (χ0n) is 9.07. The van der Waals surface area contributed by atoms with E-state index in [2.05, 4.69) is 19.3 Å². The van der Waals surface area contributed by atoms with Crippen LogP contribution in [0.25, 0.3) is 0 Å². The smallest absolute Gasteiger partial charge is 0.321 e. The van der Waals surface area contributed by atoms with E-state index >= 15 is 0 Å². The predicted molar refractivity (Wildman–Crippen MR) is 62.4 cm³/mol. The van der Waals surface area contributed by atoms with E-state index in [0.29, 0.717) is 6.54 Å². The predicted octanol–water partition coefficient (Wildman–Crippen LogP) is 3.11. The van der Waals surface area contributed by atoms with Gasteiger partial charge in [0.15, 0.2) is 0 Å². The SMILES string of the molecule is [CH2]N(CCCC)C(=O)Nc1ccccc1. The molecule has 0 unspecified atom stereocenters. The lowest BCUT2D eigenvalue weighted by Crippen LogP contribution is -2.30. The number of nitrogens with zero attached hydrogens (tertiary/aromatic N) is 1. The number of anilines is 1. The van der Waals surface area contributed by atoms with Crippen LogP contribution in [0.4, 0.5) is 10.5 Å². The lowest BCUT2D eigenvalue weighted by Gasteiger charge is -2.17. The number of carbonyl (C=O) groups excluding carboxylic acids is 1. The van der Waals surface area contributed by atoms with E-state index in [-0.39, 0.29) is 6.03 Å². The monoisotopic (exact) mass is 205 g/mol. The van der Waals surface area contributed by atoms with Crippen molar-refractivity contribution in [2.24, 2.45) is 0 Å². The first-order valence-electron chi connectivity index (χ1n) is 5.18. The summed E-state index contributed by atoms with van der Waals surface area (Å²) in [7, 11) is 3.69. The van der Waals surface area contributed by atoms with Crippen LogP contribution in [0.2, 0.25) is 0 Å². The molecule has 1 rings (SSSR count). The summed E-state index contributed by atoms with van der Waals surface area (Å²) in [6.45, 7) is 2.78. The van der Waals surface area contributed by atoms with Crippen LogP contribution in [0.5, 0.6) is 0 Å². The van der Waals surface area contributed by atoms with Crippen molar-refractivity contribution in [3.63, 3.8) is 0 Å². The van der Waals surface area contributed by atoms with Gasteiger partial charge in [-0.05, 0) is 18.6 Å². The molecule has 1 N–H and O–H groups in total. The van der Waals surface area contributed by atoms with Crippen molar-refractivity contribution in [3.8, 4) is 0 Å². The van der Waals surface area contributed by atoms with E-state index in [4.69, 9.17) is 0 Å². The second-order valence-corrected chi connectivity index (χ2v) is 3.41. The van der Waals surface area contributed by atoms with Crippen molar-refractivity contribution in [3.05, 3.63) is 37.4 Å². The van der Waals surface area contributed by atoms with Crippen LogP contribution < -0.4 is 5.32 Å². The first kappa shape index (κ1) is 11.6. The topological polar surface area (TPSA) is 32.3 Å². The van der Waals surface area contributed by atoms with E-state index < -0.39 is 0 Å². The minimum Gasteiger partial charge on any atom is -0.323 e. The number of carbonyl (C=O) groups is 1. The Morgan fingerprint density at radius 2 is 2.07 bits per heavy atom. The Kier molecular flexibility index (Phi) is 4.68. The summed E-state index contributed by atoms with van der Waals surface area (Å²) in [5.74, 6) is 0. The van der Waals surface area contributed by atoms with Gasteiger partial charge in [0.05, 0.1) is 0 Å². The number of unbranched alkanes of at least 4 members (excludes halogenated alkanes) is 1. The number of urea groups is 1. The summed E-state index contributed by atoms with van der Waals surface area (Å²) in [5, 5.41) is 2.78. The zero-order valence-corrected chi connectivity index (χ0v) is 9.07. The zero-order chi connectivity index (χ0) is 11.1. The van der Waals surface area contributed by atoms with E-state index in [9.17, 15) is 4.79 Å². The van der Waals surface area contributed by atoms with Gasteiger partial charge in [-0.25, -0.2) is 4.79 Å². The van der Waals surface area contributed by atoms with Crippen LogP contribution >= 0.6 is 0 Å². The first-order chi connectivity index (χ1) is 7.24. The van der Waals surface area contributed by atoms with Crippen molar-refractivity contribution in [1.82, 2.24) is 4.90 Å². The van der Waals surface area contributed by atoms with Crippen LogP contribution in [0.15, 0.2) is 30.3 Å². The highest BCUT2D eigenvalue weighted by Gasteiger charge is 2.07. The molecule has 1 radical (unpaired) electrons. The fourth-order valence-corrected chi connectivity index (χ4v) is 1.17. The average molecular weight is 205 g/mol. The van der Waals surface area contributed by atoms with Gasteiger partial charge in [-0.2, -0.15) is 0 Å². The largest absolute Gasteiger partial charge is 0.323 e. The lowest BCUT2D eigenvalue weighted by atomic mass is 10.3. The minimum atomic E-state index is -0.158. The molecule has 0 saturated carbocycles. The molecule has 0 atom stereocenters. The quantitative estimate of drug-likeness (QED) is 0.804. The van der Waals surface area contributed by atoms with Gasteiger partial charge < -0.3 is 10.2 Å². The third-order valence-corrected chi connectivity index (χ3v) is 2.09. The molecule has 81 valence electrons. The molecule has 0 fully saturated rings. The summed E-state index contributed by atoms with van der Waals surface area (Å²) in [6.07, 6.45) is 2.04. The Morgan fingerprint density at radius 1 is 1.40 bits per heavy atom. The van der Waals surface area contributed by atoms with Crippen LogP contribution in [0, 0.1) is 7.05 Å². The van der Waals surface area contributed by atoms with Gasteiger partial charge in [0.2, 0.25) is 0 Å². The van der Waals surface area contributed by atoms with Gasteiger partial charge in [-0.3, -0.25) is 0 Å². The number of benzene rings is 1. The fraction of sp³-hybridized carbons (Fsp3) is 0.333. The van der Waals surface area contributed by atoms with Crippen LogP contribution in [0.1, 0.15) is 19.8 Å². The standard InChI is InChI=1S/C12H17N2O/c1-3-4-10-14(2)12(15)13-11-8-6-5-7-9-11/h5-9H,2-4,10H2,1H3,(H,13,15). The molecule has 0 aliphatic heterocycles. The van der Waals surface area contributed by atoms with Gasteiger partial charge >= 0.3 is 6.03 Å². The van der Waals surface area contributed by atoms with Crippen molar-refractivity contribution < 1.29 is 4.79 Å². The molecule has 0 bridgehead atoms. The van der Waals surface area contributed by atoms with Crippen LogP contribution in [-0.4, -0.2) is 17.5 Å². The molecule has 3 heteroatoms. The number of hydrogen-bond donors (Lipinski definition) is 1. The highest BCUT2D eigenvalue weighted by Crippen LogP contribution is 2.06. The third-order valence-electron chi connectivity index (χ3n) is 2.09. The van der Waals surface area contributed by atoms with Crippen molar-refractivity contribution in [1.29, 1.82) is 0 Å². The van der Waals surface area contributed by atoms with Gasteiger partial charge in [-0.15, -0.1) is 0 Å². The Morgan fingerprint density at radius 3 is 2.67 bits per heavy atom. The Labute approximate surface area is 91.1 Å². The number of rotatable bonds is 4. The summed E-state index contributed by atoms with van der Waals surface area (Å²) in [4.78, 5) is 13.0. The summed E-state index contributed by atoms with van der Waals surface area (Å²) in [6, 6.07) is 9.23. The molecule has 2 amide bonds. The van der Waals surface area contributed by atoms with Gasteiger partial charge in [0.1, 0.15) is 0 Å². The molecule has 0 spiro atoms. The molecule has 0 aliphatic rings. The Bertz CT molecular complexity index is 298. The molecular weight excluding hydrogens is 188 g/mol. The Balaban J connectivity index is 2.42. The maximum Gasteiger partial charge on any atom is 0.321 e. The molecule has 0 saturated heterocycles. The van der Waals surface area contributed by atoms with Crippen molar-refractivity contribution in [2.75, 3.05) is 11.9 Å². The molecule has 1 aromatic rings. The molecular formula is C12H17N2O. The normalized spacial score (nSPS) is 9.73. The van der Waals surface area contributed by atoms with E-state index in [1.807, 2.05) is 30.3 Å². The highest BCUT2D eigenvalue weighted by atomic mass is 16.2. The molecule has 1 aromatic carbocycles. The van der Waals surface area contributed by atoms with Crippen molar-refractivity contribution in [2.45, 2.75) is 19.8 Å². The first-order valence-corrected chi connectivity index (χ1v) is 5.18. The highest BCUT2D eigenvalue weighted by molar-refractivity contribution is 5.89. The van der Waals surface area contributed by atoms with Gasteiger partial charge in [0, 0.05) is 19.3 Å². The lowest BCUT2D eigenvalue weighted by molar-refractivity contribution is 0.227. The van der Waals surface area contributed by atoms with E-state index in [0.717, 1.165) is 18.5 Å². The second-order valence-electron chi connectivity index (χ2n) is 3.41. The summed E-state index contributed by atoms with van der Waals surface area (Å²) < 4.78 is 0. The third kappa shape index (κ3) is 4.02. The van der Waals surface area contributed by atoms with Crippen LogP contribution in [0.3, 0.4) is 0 Å². The number of amides is 2. The van der Waals surface area contributed by atoms with E-state index in [1.54, 1.807) is 0 Å². The Hall–Kier alpha value is -1.51. The number of hydrogen-bond acceptors (Lipinski definition) is 1. The van der Waals surface area contributed by atoms with E-state index in [1.165, 1.54) is 4.90 Å². The maximum absolute atomic E-state index is 11.6. The van der Waals surface area contributed by atoms with Gasteiger partial charge in [-0.1, -0.05) is 31.5 Å². The minimum absolute atomic E-state index is 0.158. The number of nitrogens with one attached hydrogen (secondary N) is 1. The molecule has 0 aromatic heterocycles. The van der Waals surface area contributed by atoms with Crippen LogP contribution in [-0.2, 0) is 0 Å². The molecule has 3 nitrogen and oxygen atoms in total. The average Bonchev–Trinajstić information content (AvgIpc) is 2.27. The number of para-hydroxylation sites is 1. The summed E-state index contributed by atoms with van der Waals surface area (Å²) in [5.41, 5.74) is 0.799. The fourth-order valence-electron chi connectivity index (χ4n) is 1.17. The summed E-state index contributed by atoms with van der Waals surface area (Å²) >= 11 is 0. The second kappa shape index (κ2) is 6.06. The molecule has 0 aliphatic carbocycles.